The van der Waals surface area contributed by atoms with E-state index in [-0.39, 0.29) is 17.7 Å². The normalized spacial score (nSPS) is 24.7. The number of nitrogens with zero attached hydrogens (tertiary/aromatic N) is 1. The van der Waals surface area contributed by atoms with Crippen LogP contribution in [0.4, 0.5) is 0 Å². The minimum atomic E-state index is -0.530. The minimum Gasteiger partial charge on any atom is -0.354 e. The summed E-state index contributed by atoms with van der Waals surface area (Å²) in [5.74, 6) is -0.322. The van der Waals surface area contributed by atoms with E-state index in [0.29, 0.717) is 32.4 Å². The van der Waals surface area contributed by atoms with Gasteiger partial charge in [-0.3, -0.25) is 14.4 Å². The Bertz CT molecular complexity index is 632. The van der Waals surface area contributed by atoms with Crippen LogP contribution in [0.3, 0.4) is 0 Å². The van der Waals surface area contributed by atoms with E-state index in [9.17, 15) is 14.4 Å². The number of carbonyl (C=O) groups excluding carboxylic acids is 3. The van der Waals surface area contributed by atoms with Crippen molar-refractivity contribution < 1.29 is 14.4 Å². The summed E-state index contributed by atoms with van der Waals surface area (Å²) in [6.07, 6.45) is 3.98. The molecule has 0 spiro atoms. The second kappa shape index (κ2) is 8.14. The van der Waals surface area contributed by atoms with Gasteiger partial charge in [-0.15, -0.1) is 0 Å². The third-order valence-corrected chi connectivity index (χ3v) is 4.89. The number of carbonyl (C=O) groups is 3. The smallest absolute Gasteiger partial charge is 0.245 e. The van der Waals surface area contributed by atoms with Gasteiger partial charge in [-0.25, -0.2) is 0 Å². The molecule has 2 heterocycles. The first kappa shape index (κ1) is 17.5. The Morgan fingerprint density at radius 3 is 2.72 bits per heavy atom. The lowest BCUT2D eigenvalue weighted by molar-refractivity contribution is -0.142. The van der Waals surface area contributed by atoms with Crippen LogP contribution < -0.4 is 10.6 Å². The molecule has 3 amide bonds. The third kappa shape index (κ3) is 4.38. The minimum absolute atomic E-state index is 0.0743. The zero-order valence-electron chi connectivity index (χ0n) is 14.4. The van der Waals surface area contributed by atoms with Crippen LogP contribution in [0, 0.1) is 0 Å². The van der Waals surface area contributed by atoms with Crippen LogP contribution >= 0.6 is 0 Å². The Hall–Kier alpha value is -2.37. The number of amides is 3. The number of benzene rings is 1. The van der Waals surface area contributed by atoms with E-state index in [0.717, 1.165) is 24.8 Å². The highest BCUT2D eigenvalue weighted by Gasteiger charge is 2.35. The van der Waals surface area contributed by atoms with Gasteiger partial charge in [-0.05, 0) is 24.8 Å². The molecule has 1 aromatic rings. The van der Waals surface area contributed by atoms with Gasteiger partial charge in [0.1, 0.15) is 12.1 Å². The fourth-order valence-electron chi connectivity index (χ4n) is 3.54. The second-order valence-electron chi connectivity index (χ2n) is 6.75. The van der Waals surface area contributed by atoms with Crippen molar-refractivity contribution >= 4 is 17.7 Å². The molecule has 6 heteroatoms. The average Bonchev–Trinajstić information content (AvgIpc) is 2.94. The van der Waals surface area contributed by atoms with Gasteiger partial charge in [0.2, 0.25) is 17.7 Å². The summed E-state index contributed by atoms with van der Waals surface area (Å²) in [7, 11) is 0. The van der Waals surface area contributed by atoms with Crippen LogP contribution in [0.1, 0.15) is 37.7 Å². The van der Waals surface area contributed by atoms with Gasteiger partial charge in [0, 0.05) is 25.9 Å². The molecule has 0 aromatic heterocycles. The molecule has 6 nitrogen and oxygen atoms in total. The number of hydrogen-bond donors (Lipinski definition) is 2. The van der Waals surface area contributed by atoms with E-state index < -0.39 is 12.1 Å². The number of nitrogens with one attached hydrogen (secondary N) is 2. The molecule has 1 aromatic carbocycles. The van der Waals surface area contributed by atoms with Crippen LogP contribution in [0.25, 0.3) is 0 Å². The highest BCUT2D eigenvalue weighted by molar-refractivity contribution is 5.92. The topological polar surface area (TPSA) is 78.5 Å². The summed E-state index contributed by atoms with van der Waals surface area (Å²) < 4.78 is 0. The molecular weight excluding hydrogens is 318 g/mol. The summed E-state index contributed by atoms with van der Waals surface area (Å²) >= 11 is 0. The van der Waals surface area contributed by atoms with Crippen molar-refractivity contribution in [2.75, 3.05) is 13.1 Å². The first-order chi connectivity index (χ1) is 12.1. The fourth-order valence-corrected chi connectivity index (χ4v) is 3.54. The largest absolute Gasteiger partial charge is 0.354 e. The van der Waals surface area contributed by atoms with Gasteiger partial charge in [-0.1, -0.05) is 36.8 Å². The maximum atomic E-state index is 13.1. The Kier molecular flexibility index (Phi) is 5.68. The molecule has 0 bridgehead atoms. The van der Waals surface area contributed by atoms with Gasteiger partial charge >= 0.3 is 0 Å². The van der Waals surface area contributed by atoms with Gasteiger partial charge in [0.05, 0.1) is 0 Å². The molecule has 0 aliphatic carbocycles. The van der Waals surface area contributed by atoms with E-state index in [1.54, 1.807) is 4.90 Å². The molecule has 2 unspecified atom stereocenters. The lowest BCUT2D eigenvalue weighted by Crippen LogP contribution is -2.55. The second-order valence-corrected chi connectivity index (χ2v) is 6.75. The summed E-state index contributed by atoms with van der Waals surface area (Å²) in [4.78, 5) is 39.1. The molecule has 2 atom stereocenters. The van der Waals surface area contributed by atoms with E-state index in [2.05, 4.69) is 10.6 Å². The molecule has 0 radical (unpaired) electrons. The lowest BCUT2D eigenvalue weighted by atomic mass is 10.0. The maximum Gasteiger partial charge on any atom is 0.245 e. The molecule has 2 saturated heterocycles. The summed E-state index contributed by atoms with van der Waals surface area (Å²) in [6, 6.07) is 8.68. The van der Waals surface area contributed by atoms with E-state index >= 15 is 0 Å². The Balaban J connectivity index is 1.80. The third-order valence-electron chi connectivity index (χ3n) is 4.89. The van der Waals surface area contributed by atoms with Crippen molar-refractivity contribution in [3.05, 3.63) is 35.9 Å². The predicted molar refractivity (Wildman–Crippen MR) is 93.7 cm³/mol. The maximum absolute atomic E-state index is 13.1. The molecule has 2 N–H and O–H groups in total. The van der Waals surface area contributed by atoms with Crippen LogP contribution in [0.5, 0.6) is 0 Å². The Morgan fingerprint density at radius 2 is 1.92 bits per heavy atom. The molecule has 134 valence electrons. The van der Waals surface area contributed by atoms with Crippen LogP contribution in [-0.2, 0) is 20.8 Å². The monoisotopic (exact) mass is 343 g/mol. The Morgan fingerprint density at radius 1 is 1.12 bits per heavy atom. The quantitative estimate of drug-likeness (QED) is 0.860. The highest BCUT2D eigenvalue weighted by Crippen LogP contribution is 2.17. The van der Waals surface area contributed by atoms with Gasteiger partial charge in [-0.2, -0.15) is 0 Å². The summed E-state index contributed by atoms with van der Waals surface area (Å²) in [6.45, 7) is 1.10. The molecule has 25 heavy (non-hydrogen) atoms. The first-order valence-electron chi connectivity index (χ1n) is 9.06. The summed E-state index contributed by atoms with van der Waals surface area (Å²) in [5, 5.41) is 5.74. The van der Waals surface area contributed by atoms with Crippen molar-refractivity contribution in [2.45, 2.75) is 50.6 Å². The van der Waals surface area contributed by atoms with Crippen molar-refractivity contribution in [3.63, 3.8) is 0 Å². The molecule has 2 fully saturated rings. The molecular formula is C19H25N3O3. The lowest BCUT2D eigenvalue weighted by Gasteiger charge is -2.31. The standard InChI is InChI=1S/C19H25N3O3/c23-17-10-5-4-9-15(21-17)19(25)22-12-6-11-20-18(24)16(22)13-14-7-2-1-3-8-14/h1-3,7-8,15-16H,4-6,9-13H2,(H,20,24)(H,21,23). The summed E-state index contributed by atoms with van der Waals surface area (Å²) in [5.41, 5.74) is 1.02. The zero-order chi connectivity index (χ0) is 17.6. The van der Waals surface area contributed by atoms with Gasteiger partial charge in [0.15, 0.2) is 0 Å². The van der Waals surface area contributed by atoms with Gasteiger partial charge in [0.25, 0.3) is 0 Å². The van der Waals surface area contributed by atoms with Crippen LogP contribution in [0.15, 0.2) is 30.3 Å². The van der Waals surface area contributed by atoms with Crippen molar-refractivity contribution in [1.82, 2.24) is 15.5 Å². The molecule has 2 aliphatic heterocycles. The van der Waals surface area contributed by atoms with Crippen LogP contribution in [0.2, 0.25) is 0 Å². The van der Waals surface area contributed by atoms with Crippen LogP contribution in [-0.4, -0.2) is 47.8 Å². The number of hydrogen-bond acceptors (Lipinski definition) is 3. The first-order valence-corrected chi connectivity index (χ1v) is 9.06. The average molecular weight is 343 g/mol. The SMILES string of the molecule is O=C1CCCCC(C(=O)N2CCCNC(=O)C2Cc2ccccc2)N1. The molecule has 2 aliphatic rings. The molecule has 0 saturated carbocycles. The predicted octanol–water partition coefficient (Wildman–Crippen LogP) is 1.01. The fraction of sp³-hybridized carbons (Fsp3) is 0.526. The van der Waals surface area contributed by atoms with E-state index in [4.69, 9.17) is 0 Å². The number of rotatable bonds is 3. The Labute approximate surface area is 148 Å². The molecule has 3 rings (SSSR count). The van der Waals surface area contributed by atoms with Crippen molar-refractivity contribution in [3.8, 4) is 0 Å². The van der Waals surface area contributed by atoms with Crippen molar-refractivity contribution in [2.24, 2.45) is 0 Å². The highest BCUT2D eigenvalue weighted by atomic mass is 16.2. The van der Waals surface area contributed by atoms with Gasteiger partial charge < -0.3 is 15.5 Å². The van der Waals surface area contributed by atoms with Crippen molar-refractivity contribution in [1.29, 1.82) is 0 Å². The zero-order valence-corrected chi connectivity index (χ0v) is 14.4. The van der Waals surface area contributed by atoms with E-state index in [1.807, 2.05) is 30.3 Å². The van der Waals surface area contributed by atoms with E-state index in [1.165, 1.54) is 0 Å².